The number of anilines is 1. The lowest BCUT2D eigenvalue weighted by molar-refractivity contribution is 0.416. The van der Waals surface area contributed by atoms with Crippen LogP contribution in [0.25, 0.3) is 16.6 Å². The van der Waals surface area contributed by atoms with Gasteiger partial charge in [-0.1, -0.05) is 31.2 Å². The maximum atomic E-state index is 13.1. The molecule has 8 heteroatoms. The van der Waals surface area contributed by atoms with Crippen molar-refractivity contribution >= 4 is 26.6 Å². The van der Waals surface area contributed by atoms with E-state index in [-0.39, 0.29) is 21.9 Å². The third kappa shape index (κ3) is 3.97. The first-order chi connectivity index (χ1) is 15.3. The minimum absolute atomic E-state index is 0.159. The van der Waals surface area contributed by atoms with Crippen LogP contribution in [-0.4, -0.2) is 25.1 Å². The zero-order valence-electron chi connectivity index (χ0n) is 18.0. The van der Waals surface area contributed by atoms with E-state index in [9.17, 15) is 13.2 Å². The van der Waals surface area contributed by atoms with Gasteiger partial charge < -0.3 is 4.74 Å². The third-order valence-corrected chi connectivity index (χ3v) is 6.65. The fourth-order valence-electron chi connectivity index (χ4n) is 3.56. The molecular formula is C24H23N3O4S. The van der Waals surface area contributed by atoms with Gasteiger partial charge in [-0.15, -0.1) is 0 Å². The van der Waals surface area contributed by atoms with Gasteiger partial charge >= 0.3 is 0 Å². The van der Waals surface area contributed by atoms with Crippen LogP contribution in [0.1, 0.15) is 18.3 Å². The van der Waals surface area contributed by atoms with Gasteiger partial charge in [-0.3, -0.25) is 14.1 Å². The third-order valence-electron chi connectivity index (χ3n) is 5.27. The van der Waals surface area contributed by atoms with E-state index in [4.69, 9.17) is 4.74 Å². The second-order valence-corrected chi connectivity index (χ2v) is 8.99. The zero-order valence-corrected chi connectivity index (χ0v) is 18.8. The average molecular weight is 450 g/mol. The molecule has 32 heavy (non-hydrogen) atoms. The number of sulfonamides is 1. The molecule has 0 radical (unpaired) electrons. The number of fused-ring (bicyclic) bond motifs is 1. The predicted octanol–water partition coefficient (Wildman–Crippen LogP) is 4.07. The molecule has 4 rings (SSSR count). The minimum Gasteiger partial charge on any atom is -0.494 e. The molecule has 0 saturated carbocycles. The van der Waals surface area contributed by atoms with Gasteiger partial charge in [0.05, 0.1) is 34.3 Å². The predicted molar refractivity (Wildman–Crippen MR) is 125 cm³/mol. The largest absolute Gasteiger partial charge is 0.494 e. The number of nitrogens with zero attached hydrogens (tertiary/aromatic N) is 2. The molecule has 7 nitrogen and oxygen atoms in total. The molecule has 0 aliphatic carbocycles. The summed E-state index contributed by atoms with van der Waals surface area (Å²) in [5.41, 5.74) is 2.26. The molecule has 1 heterocycles. The molecule has 3 aromatic carbocycles. The van der Waals surface area contributed by atoms with E-state index in [2.05, 4.69) is 9.71 Å². The Morgan fingerprint density at radius 3 is 2.44 bits per heavy atom. The van der Waals surface area contributed by atoms with Gasteiger partial charge in [0.1, 0.15) is 11.6 Å². The number of para-hydroxylation sites is 1. The number of ether oxygens (including phenoxy) is 1. The van der Waals surface area contributed by atoms with Crippen molar-refractivity contribution in [3.05, 3.63) is 88.5 Å². The Balaban J connectivity index is 1.74. The minimum atomic E-state index is -3.80. The van der Waals surface area contributed by atoms with Crippen molar-refractivity contribution in [3.63, 3.8) is 0 Å². The number of rotatable bonds is 6. The Morgan fingerprint density at radius 2 is 1.75 bits per heavy atom. The molecule has 0 amide bonds. The van der Waals surface area contributed by atoms with Crippen molar-refractivity contribution in [1.29, 1.82) is 0 Å². The second kappa shape index (κ2) is 8.47. The van der Waals surface area contributed by atoms with Crippen LogP contribution >= 0.6 is 0 Å². The highest BCUT2D eigenvalue weighted by atomic mass is 32.2. The van der Waals surface area contributed by atoms with E-state index in [0.29, 0.717) is 22.4 Å². The molecule has 0 unspecified atom stereocenters. The molecule has 164 valence electrons. The van der Waals surface area contributed by atoms with E-state index in [1.54, 1.807) is 67.6 Å². The van der Waals surface area contributed by atoms with Crippen molar-refractivity contribution in [2.24, 2.45) is 0 Å². The summed E-state index contributed by atoms with van der Waals surface area (Å²) in [6.45, 7) is 3.75. The first-order valence-electron chi connectivity index (χ1n) is 10.1. The van der Waals surface area contributed by atoms with Gasteiger partial charge in [-0.05, 0) is 55.3 Å². The normalized spacial score (nSPS) is 11.5. The Labute approximate surface area is 186 Å². The number of benzene rings is 3. The summed E-state index contributed by atoms with van der Waals surface area (Å²) in [7, 11) is -2.36. The molecule has 0 atom stereocenters. The molecule has 1 aromatic heterocycles. The number of nitrogens with one attached hydrogen (secondary N) is 1. The lowest BCUT2D eigenvalue weighted by Gasteiger charge is -2.16. The van der Waals surface area contributed by atoms with Crippen LogP contribution in [0.15, 0.2) is 76.4 Å². The van der Waals surface area contributed by atoms with Crippen LogP contribution < -0.4 is 15.0 Å². The zero-order chi connectivity index (χ0) is 22.9. The Morgan fingerprint density at radius 1 is 1.03 bits per heavy atom. The average Bonchev–Trinajstić information content (AvgIpc) is 2.79. The molecule has 0 aliphatic heterocycles. The fraction of sp³-hybridized carbons (Fsp3) is 0.167. The maximum Gasteiger partial charge on any atom is 0.265 e. The molecule has 0 aliphatic rings. The summed E-state index contributed by atoms with van der Waals surface area (Å²) in [4.78, 5) is 17.7. The highest BCUT2D eigenvalue weighted by molar-refractivity contribution is 7.92. The van der Waals surface area contributed by atoms with Crippen LogP contribution in [0.2, 0.25) is 0 Å². The number of aryl methyl sites for hydroxylation is 2. The summed E-state index contributed by atoms with van der Waals surface area (Å²) in [6.07, 6.45) is 0.825. The van der Waals surface area contributed by atoms with Gasteiger partial charge in [0, 0.05) is 6.07 Å². The molecular weight excluding hydrogens is 426 g/mol. The van der Waals surface area contributed by atoms with Crippen molar-refractivity contribution in [1.82, 2.24) is 9.55 Å². The maximum absolute atomic E-state index is 13.1. The molecule has 0 fully saturated rings. The number of methoxy groups -OCH3 is 1. The number of hydrogen-bond acceptors (Lipinski definition) is 5. The molecule has 0 bridgehead atoms. The van der Waals surface area contributed by atoms with Crippen LogP contribution in [0.5, 0.6) is 5.75 Å². The van der Waals surface area contributed by atoms with Crippen LogP contribution in [0.3, 0.4) is 0 Å². The van der Waals surface area contributed by atoms with Gasteiger partial charge in [-0.25, -0.2) is 13.4 Å². The van der Waals surface area contributed by atoms with Crippen LogP contribution in [-0.2, 0) is 16.4 Å². The van der Waals surface area contributed by atoms with E-state index < -0.39 is 10.0 Å². The van der Waals surface area contributed by atoms with Gasteiger partial charge in [0.15, 0.2) is 0 Å². The first kappa shape index (κ1) is 21.6. The summed E-state index contributed by atoms with van der Waals surface area (Å²) < 4.78 is 35.2. The standard InChI is InChI=1S/C24H23N3O4S/c1-4-17-9-12-19(13-10-17)32(29,30)26-22-14-11-18(15-23(22)31-3)27-16(2)25-21-8-6-5-7-20(21)24(27)28/h5-15,26H,4H2,1-3H3. The lowest BCUT2D eigenvalue weighted by Crippen LogP contribution is -2.22. The van der Waals surface area contributed by atoms with E-state index in [1.165, 1.54) is 11.7 Å². The van der Waals surface area contributed by atoms with Crippen molar-refractivity contribution in [3.8, 4) is 11.4 Å². The quantitative estimate of drug-likeness (QED) is 0.479. The highest BCUT2D eigenvalue weighted by Gasteiger charge is 2.18. The monoisotopic (exact) mass is 449 g/mol. The summed E-state index contributed by atoms with van der Waals surface area (Å²) >= 11 is 0. The smallest absolute Gasteiger partial charge is 0.265 e. The van der Waals surface area contributed by atoms with E-state index in [0.717, 1.165) is 12.0 Å². The summed E-state index contributed by atoms with van der Waals surface area (Å²) in [5, 5.41) is 0.498. The summed E-state index contributed by atoms with van der Waals surface area (Å²) in [5.74, 6) is 0.802. The Kier molecular flexibility index (Phi) is 5.71. The molecule has 0 spiro atoms. The second-order valence-electron chi connectivity index (χ2n) is 7.30. The molecule has 0 saturated heterocycles. The van der Waals surface area contributed by atoms with Gasteiger partial charge in [0.25, 0.3) is 15.6 Å². The number of hydrogen-bond donors (Lipinski definition) is 1. The topological polar surface area (TPSA) is 90.3 Å². The molecule has 4 aromatic rings. The molecule has 1 N–H and O–H groups in total. The van der Waals surface area contributed by atoms with Crippen molar-refractivity contribution in [2.45, 2.75) is 25.2 Å². The van der Waals surface area contributed by atoms with Crippen molar-refractivity contribution in [2.75, 3.05) is 11.8 Å². The van der Waals surface area contributed by atoms with E-state index in [1.807, 2.05) is 13.0 Å². The summed E-state index contributed by atoms with van der Waals surface area (Å²) in [6, 6.07) is 18.7. The van der Waals surface area contributed by atoms with Crippen molar-refractivity contribution < 1.29 is 13.2 Å². The number of aromatic nitrogens is 2. The Bertz CT molecular complexity index is 1460. The first-order valence-corrected chi connectivity index (χ1v) is 11.6. The van der Waals surface area contributed by atoms with Gasteiger partial charge in [0.2, 0.25) is 0 Å². The lowest BCUT2D eigenvalue weighted by atomic mass is 10.2. The van der Waals surface area contributed by atoms with Crippen LogP contribution in [0.4, 0.5) is 5.69 Å². The van der Waals surface area contributed by atoms with Gasteiger partial charge in [-0.2, -0.15) is 0 Å². The Hall–Kier alpha value is -3.65. The fourth-order valence-corrected chi connectivity index (χ4v) is 4.63. The van der Waals surface area contributed by atoms with Crippen LogP contribution in [0, 0.1) is 6.92 Å². The van der Waals surface area contributed by atoms with E-state index >= 15 is 0 Å². The SMILES string of the molecule is CCc1ccc(S(=O)(=O)Nc2ccc(-n3c(C)nc4ccccc4c3=O)cc2OC)cc1. The highest BCUT2D eigenvalue weighted by Crippen LogP contribution is 2.29.